The molecule has 0 radical (unpaired) electrons. The molecule has 0 spiro atoms. The number of aliphatic hydroxyl groups excluding tert-OH is 4. The number of anilines is 3. The number of rotatable bonds is 18. The molecule has 12 N–H and O–H groups in total. The average molecular weight is 1160 g/mol. The molecular weight excluding hydrogens is 1120 g/mol. The highest BCUT2D eigenvalue weighted by molar-refractivity contribution is 8.06. The third kappa shape index (κ3) is 10.1. The lowest BCUT2D eigenvalue weighted by Crippen LogP contribution is -2.46. The van der Waals surface area contributed by atoms with E-state index in [1.807, 2.05) is 0 Å². The van der Waals surface area contributed by atoms with E-state index in [-0.39, 0.29) is 51.2 Å². The first-order valence-corrected chi connectivity index (χ1v) is 28.1. The van der Waals surface area contributed by atoms with Gasteiger partial charge in [-0.2, -0.15) is 4.98 Å². The van der Waals surface area contributed by atoms with Crippen LogP contribution in [-0.4, -0.2) is 155 Å². The third-order valence-electron chi connectivity index (χ3n) is 12.0. The van der Waals surface area contributed by atoms with Gasteiger partial charge in [-0.05, 0) is 0 Å². The zero-order valence-corrected chi connectivity index (χ0v) is 41.8. The number of aryl methyl sites for hydroxylation is 1. The smallest absolute Gasteiger partial charge is 0.313 e. The van der Waals surface area contributed by atoms with E-state index in [1.54, 1.807) is 0 Å². The molecule has 2 bridgehead atoms. The molecule has 38 nitrogen and oxygen atoms in total. The molecule has 6 aromatic rings. The molecule has 0 amide bonds. The number of nitrogens with two attached hydrogens (primary N) is 3. The lowest BCUT2D eigenvalue weighted by molar-refractivity contribution is -0.745. The molecule has 4 aliphatic heterocycles. The first kappa shape index (κ1) is 53.7. The Hall–Kier alpha value is -4.73. The summed E-state index contributed by atoms with van der Waals surface area (Å²) >= 11 is 5.17. The van der Waals surface area contributed by atoms with Crippen LogP contribution < -0.4 is 52.5 Å². The van der Waals surface area contributed by atoms with Gasteiger partial charge in [-0.25, -0.2) is 33.1 Å². The highest BCUT2D eigenvalue weighted by Gasteiger charge is 2.64. The van der Waals surface area contributed by atoms with E-state index in [0.717, 1.165) is 21.8 Å². The highest BCUT2D eigenvalue weighted by atomic mass is 32.5. The first-order chi connectivity index (χ1) is 35.2. The molecule has 0 aliphatic carbocycles. The van der Waals surface area contributed by atoms with Gasteiger partial charge in [-0.3, -0.25) is 47.0 Å². The van der Waals surface area contributed by atoms with Gasteiger partial charge in [0, 0.05) is 0 Å². The van der Waals surface area contributed by atoms with Crippen LogP contribution in [0.1, 0.15) is 18.7 Å². The van der Waals surface area contributed by atoms with Crippen LogP contribution in [-0.2, 0) is 78.2 Å². The SMILES string of the molecule is Cn1c[n+]([C@@H]2O[C@H](COP(=O)([O-])OP(=O)([O-])OP(=O)([O-])OC[C@]34CO[C@@H](C3OP([O-])(=S)OC[C@H]3O[C@@H](n5cnc6c(=O)[nH]c(N)nc65)C(O)[C@H]3O)[C@H](n3cnc5c(N)ncnc53)O4)C(O)[C@@H]2O)c2nc(N)[nH]c(=O)c21. The summed E-state index contributed by atoms with van der Waals surface area (Å²) in [6, 6.07) is 0. The Bertz CT molecular complexity index is 3550. The Morgan fingerprint density at radius 3 is 2.16 bits per heavy atom. The number of phosphoric ester groups is 2. The van der Waals surface area contributed by atoms with Gasteiger partial charge >= 0.3 is 5.65 Å². The normalized spacial score (nSPS) is 32.0. The predicted octanol–water partition coefficient (Wildman–Crippen LogP) is -7.37. The number of H-pyrrole nitrogens is 2. The number of nitrogen functional groups attached to an aromatic ring is 3. The van der Waals surface area contributed by atoms with Gasteiger partial charge in [0.25, 0.3) is 40.5 Å². The summed E-state index contributed by atoms with van der Waals surface area (Å²) in [5, 5.41) is 43.2. The molecule has 43 heteroatoms. The van der Waals surface area contributed by atoms with E-state index in [1.165, 1.54) is 28.8 Å². The predicted molar refractivity (Wildman–Crippen MR) is 235 cm³/mol. The Labute approximate surface area is 419 Å². The van der Waals surface area contributed by atoms with Crippen LogP contribution >= 0.6 is 30.2 Å². The maximum absolute atomic E-state index is 14.0. The molecule has 16 atom stereocenters. The summed E-state index contributed by atoms with van der Waals surface area (Å²) in [6.07, 6.45) is -13.6. The van der Waals surface area contributed by atoms with Crippen molar-refractivity contribution in [1.82, 2.24) is 53.6 Å². The minimum Gasteiger partial charge on any atom is -0.780 e. The lowest BCUT2D eigenvalue weighted by Gasteiger charge is -2.38. The van der Waals surface area contributed by atoms with Crippen molar-refractivity contribution in [3.8, 4) is 0 Å². The second kappa shape index (κ2) is 19.3. The van der Waals surface area contributed by atoms with E-state index < -0.39 is 141 Å². The lowest BCUT2D eigenvalue weighted by atomic mass is 10.0. The van der Waals surface area contributed by atoms with E-state index in [9.17, 15) is 63.3 Å². The van der Waals surface area contributed by atoms with Crippen molar-refractivity contribution >= 4 is 93.2 Å². The number of phosphoric acid groups is 3. The monoisotopic (exact) mass is 1160 g/mol. The first-order valence-electron chi connectivity index (χ1n) is 21.2. The van der Waals surface area contributed by atoms with Crippen molar-refractivity contribution in [3.05, 3.63) is 46.0 Å². The maximum atomic E-state index is 14.0. The highest BCUT2D eigenvalue weighted by Crippen LogP contribution is 2.64. The van der Waals surface area contributed by atoms with Crippen molar-refractivity contribution in [1.29, 1.82) is 0 Å². The molecule has 10 rings (SSSR count). The number of imidazole rings is 3. The fourth-order valence-corrected chi connectivity index (χ4v) is 13.6. The van der Waals surface area contributed by atoms with Gasteiger partial charge in [0.05, 0.1) is 46.1 Å². The van der Waals surface area contributed by atoms with E-state index in [2.05, 4.69) is 53.0 Å². The van der Waals surface area contributed by atoms with Crippen molar-refractivity contribution in [2.45, 2.75) is 73.1 Å². The molecule has 7 unspecified atom stereocenters. The number of fused-ring (bicyclic) bond motifs is 5. The molecule has 6 aromatic heterocycles. The van der Waals surface area contributed by atoms with Crippen LogP contribution in [0.4, 0.5) is 17.7 Å². The van der Waals surface area contributed by atoms with Crippen LogP contribution in [0.25, 0.3) is 33.5 Å². The van der Waals surface area contributed by atoms with Crippen molar-refractivity contribution < 1.29 is 104 Å². The Balaban J connectivity index is 0.809. The van der Waals surface area contributed by atoms with Gasteiger partial charge in [0.1, 0.15) is 73.0 Å². The summed E-state index contributed by atoms with van der Waals surface area (Å²) in [5.74, 6) is -0.700. The van der Waals surface area contributed by atoms with Crippen LogP contribution in [0.5, 0.6) is 0 Å². The zero-order valence-electron chi connectivity index (χ0n) is 37.4. The Kier molecular flexibility index (Phi) is 13.8. The van der Waals surface area contributed by atoms with Crippen LogP contribution in [0.15, 0.2) is 34.9 Å². The van der Waals surface area contributed by atoms with E-state index in [0.29, 0.717) is 0 Å². The number of nitrogens with zero attached hydrogens (tertiary/aromatic N) is 10. The number of aromatic nitrogens is 12. The largest absolute Gasteiger partial charge is 0.780 e. The minimum atomic E-state index is -6.56. The fourth-order valence-electron chi connectivity index (χ4n) is 8.70. The fraction of sp³-hybridized carbons (Fsp3) is 0.531. The zero-order chi connectivity index (χ0) is 53.9. The number of hydrogen-bond donors (Lipinski definition) is 9. The van der Waals surface area contributed by atoms with Gasteiger partial charge in [0.15, 0.2) is 41.4 Å². The van der Waals surface area contributed by atoms with Crippen molar-refractivity contribution in [2.75, 3.05) is 43.6 Å². The summed E-state index contributed by atoms with van der Waals surface area (Å²) in [6.45, 7) is -8.97. The molecule has 10 heterocycles. The number of aliphatic hydroxyl groups is 4. The molecule has 0 saturated carbocycles. The Morgan fingerprint density at radius 2 is 1.43 bits per heavy atom. The van der Waals surface area contributed by atoms with E-state index in [4.69, 9.17) is 61.5 Å². The average Bonchev–Trinajstić information content (AvgIpc) is 4.23. The second-order valence-electron chi connectivity index (χ2n) is 16.9. The molecular formula is C32H38N15O23P4S-3. The number of nitrogens with one attached hydrogen (secondary N) is 2. The Morgan fingerprint density at radius 1 is 0.800 bits per heavy atom. The topological polar surface area (TPSA) is 556 Å². The van der Waals surface area contributed by atoms with Crippen molar-refractivity contribution in [3.63, 3.8) is 0 Å². The molecule has 4 saturated heterocycles. The molecule has 408 valence electrons. The van der Waals surface area contributed by atoms with Gasteiger partial charge in [-0.1, -0.05) is 16.8 Å². The van der Waals surface area contributed by atoms with Gasteiger partial charge in [0.2, 0.25) is 17.7 Å². The maximum Gasteiger partial charge on any atom is 0.313 e. The summed E-state index contributed by atoms with van der Waals surface area (Å²) in [7, 11) is -17.6. The number of ether oxygens (including phenoxy) is 4. The molecule has 4 aliphatic rings. The van der Waals surface area contributed by atoms with E-state index >= 15 is 0 Å². The third-order valence-corrected chi connectivity index (χ3v) is 17.6. The number of hydrogen-bond acceptors (Lipinski definition) is 33. The second-order valence-corrected chi connectivity index (χ2v) is 24.1. The van der Waals surface area contributed by atoms with Crippen LogP contribution in [0, 0.1) is 0 Å². The summed E-state index contributed by atoms with van der Waals surface area (Å²) in [5.41, 5.74) is 13.2. The summed E-state index contributed by atoms with van der Waals surface area (Å²) < 4.78 is 95.3. The van der Waals surface area contributed by atoms with Crippen LogP contribution in [0.2, 0.25) is 0 Å². The molecule has 0 aromatic carbocycles. The number of aromatic amines is 2. The minimum absolute atomic E-state index is 0.0332. The van der Waals surface area contributed by atoms with Crippen LogP contribution in [0.3, 0.4) is 0 Å². The van der Waals surface area contributed by atoms with Gasteiger partial charge < -0.3 is 94.2 Å². The van der Waals surface area contributed by atoms with Gasteiger partial charge in [-0.15, -0.1) is 0 Å². The quantitative estimate of drug-likeness (QED) is 0.0285. The standard InChI is InChI=1S/C32H41N15O23P4S/c1-44-9-47(24-14(44)26(53)43-31(35)41-24)28-18(51)15(48)10(66-28)2-62-71(54,55)69-73(58,59)70-72(56,57)64-5-32-4-61-19(29(67-32)45-7-38-12-21(33)36-6-37-22(12)45)20(32)68-74(60,75)63-3-11-16(49)17(50)27(65-11)46-8-39-13-23(46)40-30(34)42-25(13)52/h6-11,15-20,27-29,48-51H,2-5H2,1H3,(H11-,33,34,35,36,37,40,41,42,43,52,53,54,55,56,57,58,59,60,75)/p-3/t10-,11-,15?,16+,17?,18+,19+,20?,27-,28-,29-,32-,74?/m1/s1. The van der Waals surface area contributed by atoms with Crippen molar-refractivity contribution in [2.24, 2.45) is 7.05 Å². The summed E-state index contributed by atoms with van der Waals surface area (Å²) in [4.78, 5) is 106. The molecule has 75 heavy (non-hydrogen) atoms. The molecule has 4 fully saturated rings.